The van der Waals surface area contributed by atoms with Gasteiger partial charge in [-0.1, -0.05) is 53.2 Å². The maximum Gasteiger partial charge on any atom is 0.262 e. The molecule has 0 fully saturated rings. The van der Waals surface area contributed by atoms with Crippen LogP contribution in [0.25, 0.3) is 10.9 Å². The van der Waals surface area contributed by atoms with Gasteiger partial charge in [-0.15, -0.1) is 0 Å². The van der Waals surface area contributed by atoms with Crippen molar-refractivity contribution in [1.29, 1.82) is 5.26 Å². The summed E-state index contributed by atoms with van der Waals surface area (Å²) in [5.74, 6) is 0. The number of aromatic nitrogens is 2. The van der Waals surface area contributed by atoms with Crippen LogP contribution in [0.15, 0.2) is 52.4 Å². The second kappa shape index (κ2) is 10.6. The third-order valence-corrected chi connectivity index (χ3v) is 6.00. The Bertz CT molecular complexity index is 1110. The number of hydrogen-bond acceptors (Lipinski definition) is 5. The Hall–Kier alpha value is -2.33. The largest absolute Gasteiger partial charge is 0.382 e. The van der Waals surface area contributed by atoms with Crippen LogP contribution in [0, 0.1) is 18.3 Å². The van der Waals surface area contributed by atoms with Crippen LogP contribution in [0.5, 0.6) is 0 Å². The molecule has 30 heavy (non-hydrogen) atoms. The Morgan fingerprint density at radius 1 is 1.27 bits per heavy atom. The lowest BCUT2D eigenvalue weighted by Gasteiger charge is -2.15. The summed E-state index contributed by atoms with van der Waals surface area (Å²) in [7, 11) is 0. The molecule has 156 valence electrons. The van der Waals surface area contributed by atoms with Gasteiger partial charge in [0, 0.05) is 24.8 Å². The molecular weight excluding hydrogens is 418 g/mol. The molecule has 0 aliphatic heterocycles. The van der Waals surface area contributed by atoms with Crippen LogP contribution in [0.2, 0.25) is 5.02 Å². The zero-order chi connectivity index (χ0) is 21.5. The summed E-state index contributed by atoms with van der Waals surface area (Å²) in [6.07, 6.45) is 1.26. The highest BCUT2D eigenvalue weighted by atomic mass is 35.5. The van der Waals surface area contributed by atoms with E-state index in [0.29, 0.717) is 53.7 Å². The van der Waals surface area contributed by atoms with Crippen molar-refractivity contribution in [1.82, 2.24) is 9.55 Å². The highest BCUT2D eigenvalue weighted by Crippen LogP contribution is 2.26. The highest BCUT2D eigenvalue weighted by Gasteiger charge is 2.18. The van der Waals surface area contributed by atoms with Gasteiger partial charge in [0.2, 0.25) is 0 Å². The first-order chi connectivity index (χ1) is 14.5. The highest BCUT2D eigenvalue weighted by molar-refractivity contribution is 8.00. The fourth-order valence-corrected chi connectivity index (χ4v) is 4.31. The predicted octanol–water partition coefficient (Wildman–Crippen LogP) is 5.01. The second-order valence-corrected chi connectivity index (χ2v) is 8.59. The average Bonchev–Trinajstić information content (AvgIpc) is 2.73. The number of halogens is 1. The van der Waals surface area contributed by atoms with Gasteiger partial charge < -0.3 is 4.74 Å². The summed E-state index contributed by atoms with van der Waals surface area (Å²) in [6, 6.07) is 15.6. The number of fused-ring (bicyclic) bond motifs is 1. The minimum Gasteiger partial charge on any atom is -0.382 e. The Balaban J connectivity index is 1.93. The summed E-state index contributed by atoms with van der Waals surface area (Å²) in [4.78, 5) is 17.8. The lowest BCUT2D eigenvalue weighted by molar-refractivity contribution is 0.140. The summed E-state index contributed by atoms with van der Waals surface area (Å²) < 4.78 is 7.07. The van der Waals surface area contributed by atoms with Gasteiger partial charge in [-0.05, 0) is 50.5 Å². The van der Waals surface area contributed by atoms with Crippen molar-refractivity contribution in [3.63, 3.8) is 0 Å². The van der Waals surface area contributed by atoms with E-state index in [1.807, 2.05) is 38.1 Å². The molecule has 3 rings (SSSR count). The van der Waals surface area contributed by atoms with E-state index >= 15 is 0 Å². The van der Waals surface area contributed by atoms with Gasteiger partial charge in [-0.3, -0.25) is 9.36 Å². The van der Waals surface area contributed by atoms with E-state index < -0.39 is 0 Å². The molecule has 1 heterocycles. The molecule has 0 bridgehead atoms. The lowest BCUT2D eigenvalue weighted by atomic mass is 10.1. The zero-order valence-corrected chi connectivity index (χ0v) is 18.7. The number of nitriles is 1. The van der Waals surface area contributed by atoms with E-state index in [9.17, 15) is 10.1 Å². The molecule has 0 spiro atoms. The first-order valence-corrected chi connectivity index (χ1v) is 11.2. The van der Waals surface area contributed by atoms with Crippen LogP contribution in [0.4, 0.5) is 0 Å². The molecule has 0 saturated carbocycles. The molecule has 1 aromatic heterocycles. The molecule has 0 amide bonds. The average molecular weight is 442 g/mol. The number of rotatable bonds is 9. The number of hydrogen-bond donors (Lipinski definition) is 0. The van der Waals surface area contributed by atoms with E-state index in [1.165, 1.54) is 17.3 Å². The van der Waals surface area contributed by atoms with E-state index in [0.717, 1.165) is 5.56 Å². The van der Waals surface area contributed by atoms with Crippen molar-refractivity contribution < 1.29 is 4.74 Å². The van der Waals surface area contributed by atoms with Crippen molar-refractivity contribution in [3.8, 4) is 6.07 Å². The number of benzene rings is 2. The van der Waals surface area contributed by atoms with Crippen molar-refractivity contribution in [2.24, 2.45) is 0 Å². The zero-order valence-electron chi connectivity index (χ0n) is 17.1. The fourth-order valence-electron chi connectivity index (χ4n) is 3.11. The van der Waals surface area contributed by atoms with Gasteiger partial charge in [0.1, 0.15) is 5.25 Å². The third kappa shape index (κ3) is 5.63. The molecule has 1 atom stereocenters. The van der Waals surface area contributed by atoms with Gasteiger partial charge >= 0.3 is 0 Å². The summed E-state index contributed by atoms with van der Waals surface area (Å²) in [6.45, 7) is 5.66. The van der Waals surface area contributed by atoms with Crippen molar-refractivity contribution in [2.45, 2.75) is 43.6 Å². The third-order valence-electron chi connectivity index (χ3n) is 4.69. The normalized spacial score (nSPS) is 12.1. The molecule has 3 aromatic rings. The van der Waals surface area contributed by atoms with Gasteiger partial charge in [0.15, 0.2) is 5.16 Å². The first-order valence-electron chi connectivity index (χ1n) is 9.91. The molecule has 2 aromatic carbocycles. The number of aryl methyl sites for hydroxylation is 1. The number of ether oxygens (including phenoxy) is 1. The van der Waals surface area contributed by atoms with Crippen molar-refractivity contribution >= 4 is 34.3 Å². The summed E-state index contributed by atoms with van der Waals surface area (Å²) >= 11 is 7.43. The van der Waals surface area contributed by atoms with Crippen LogP contribution >= 0.6 is 23.4 Å². The van der Waals surface area contributed by atoms with E-state index in [2.05, 4.69) is 11.1 Å². The van der Waals surface area contributed by atoms with E-state index in [-0.39, 0.29) is 10.8 Å². The topological polar surface area (TPSA) is 67.9 Å². The molecule has 0 aliphatic rings. The Morgan fingerprint density at radius 3 is 2.73 bits per heavy atom. The molecule has 0 N–H and O–H groups in total. The van der Waals surface area contributed by atoms with Crippen LogP contribution in [0.1, 0.15) is 24.5 Å². The van der Waals surface area contributed by atoms with Gasteiger partial charge in [0.05, 0.1) is 17.0 Å². The van der Waals surface area contributed by atoms with Crippen LogP contribution in [0.3, 0.4) is 0 Å². The van der Waals surface area contributed by atoms with Gasteiger partial charge in [0.25, 0.3) is 5.56 Å². The summed E-state index contributed by atoms with van der Waals surface area (Å²) in [5, 5.41) is 11.0. The monoisotopic (exact) mass is 441 g/mol. The fraction of sp³-hybridized carbons (Fsp3) is 0.348. The molecular formula is C23H24ClN3O2S. The number of nitrogens with zero attached hydrogens (tertiary/aromatic N) is 3. The molecule has 7 heteroatoms. The quantitative estimate of drug-likeness (QED) is 0.265. The second-order valence-electron chi connectivity index (χ2n) is 6.99. The first kappa shape index (κ1) is 22.4. The van der Waals surface area contributed by atoms with E-state index in [4.69, 9.17) is 16.3 Å². The molecule has 0 saturated heterocycles. The predicted molar refractivity (Wildman–Crippen MR) is 122 cm³/mol. The molecule has 0 radical (unpaired) electrons. The Labute approximate surface area is 185 Å². The molecule has 5 nitrogen and oxygen atoms in total. The summed E-state index contributed by atoms with van der Waals surface area (Å²) in [5.41, 5.74) is 2.68. The van der Waals surface area contributed by atoms with E-state index in [1.54, 1.807) is 22.8 Å². The maximum absolute atomic E-state index is 13.1. The van der Waals surface area contributed by atoms with Crippen molar-refractivity contribution in [3.05, 3.63) is 69.0 Å². The molecule has 1 unspecified atom stereocenters. The minimum atomic E-state index is -0.366. The number of thioether (sulfide) groups is 1. The molecule has 0 aliphatic carbocycles. The minimum absolute atomic E-state index is 0.123. The van der Waals surface area contributed by atoms with Crippen LogP contribution in [-0.2, 0) is 17.7 Å². The van der Waals surface area contributed by atoms with Crippen LogP contribution in [-0.4, -0.2) is 28.0 Å². The van der Waals surface area contributed by atoms with Gasteiger partial charge in [-0.2, -0.15) is 5.26 Å². The van der Waals surface area contributed by atoms with Crippen molar-refractivity contribution in [2.75, 3.05) is 13.2 Å². The maximum atomic E-state index is 13.1. The standard InChI is InChI=1S/C23H24ClN3O2S/c1-3-29-12-4-11-27-22(28)20-10-9-18(24)14-21(20)26-23(27)30-19(15-25)13-17-7-5-16(2)6-8-17/h5-10,14,19H,3-4,11-13H2,1-2H3. The Morgan fingerprint density at radius 2 is 2.03 bits per heavy atom. The lowest BCUT2D eigenvalue weighted by Crippen LogP contribution is -2.25. The SMILES string of the molecule is CCOCCCn1c(SC(C#N)Cc2ccc(C)cc2)nc2cc(Cl)ccc2c1=O. The smallest absolute Gasteiger partial charge is 0.262 e. The van der Waals surface area contributed by atoms with Gasteiger partial charge in [-0.25, -0.2) is 4.98 Å². The Kier molecular flexibility index (Phi) is 7.92. The van der Waals surface area contributed by atoms with Crippen LogP contribution < -0.4 is 5.56 Å².